The monoisotopic (exact) mass is 251 g/mol. The predicted octanol–water partition coefficient (Wildman–Crippen LogP) is 0.446. The predicted molar refractivity (Wildman–Crippen MR) is 74.1 cm³/mol. The molecule has 0 aromatic heterocycles. The van der Waals surface area contributed by atoms with E-state index in [1.807, 2.05) is 0 Å². The Bertz CT molecular complexity index is 296. The number of likely N-dealkylation sites (tertiary alicyclic amines) is 1. The van der Waals surface area contributed by atoms with Crippen molar-refractivity contribution in [1.29, 1.82) is 0 Å². The first kappa shape index (κ1) is 15.0. The summed E-state index contributed by atoms with van der Waals surface area (Å²) in [5.74, 6) is 3.10. The minimum absolute atomic E-state index is 0.0328. The summed E-state index contributed by atoms with van der Waals surface area (Å²) in [6, 6.07) is 0.527. The van der Waals surface area contributed by atoms with Gasteiger partial charge in [-0.2, -0.15) is 0 Å². The van der Waals surface area contributed by atoms with Crippen molar-refractivity contribution in [3.8, 4) is 12.3 Å². The van der Waals surface area contributed by atoms with Crippen LogP contribution in [0.3, 0.4) is 0 Å². The van der Waals surface area contributed by atoms with Gasteiger partial charge >= 0.3 is 0 Å². The van der Waals surface area contributed by atoms with Crippen LogP contribution < -0.4 is 10.6 Å². The third-order valence-electron chi connectivity index (χ3n) is 3.17. The van der Waals surface area contributed by atoms with Crippen LogP contribution in [0, 0.1) is 18.3 Å². The molecule has 0 bridgehead atoms. The van der Waals surface area contributed by atoms with Gasteiger partial charge in [-0.3, -0.25) is 9.69 Å². The average molecular weight is 251 g/mol. The topological polar surface area (TPSA) is 44.4 Å². The van der Waals surface area contributed by atoms with Crippen molar-refractivity contribution in [2.45, 2.75) is 32.7 Å². The third kappa shape index (κ3) is 6.04. The van der Waals surface area contributed by atoms with Gasteiger partial charge in [0.1, 0.15) is 0 Å². The van der Waals surface area contributed by atoms with Gasteiger partial charge in [0.25, 0.3) is 0 Å². The number of carbonyl (C=O) groups excluding carboxylic acids is 1. The Morgan fingerprint density at radius 1 is 1.56 bits per heavy atom. The molecule has 1 aliphatic rings. The summed E-state index contributed by atoms with van der Waals surface area (Å²) in [6.07, 6.45) is 7.54. The van der Waals surface area contributed by atoms with Crippen LogP contribution in [0.25, 0.3) is 0 Å². The fourth-order valence-electron chi connectivity index (χ4n) is 2.27. The van der Waals surface area contributed by atoms with Gasteiger partial charge in [-0.15, -0.1) is 6.42 Å². The standard InChI is InChI=1S/C14H25N3O/c1-4-7-15-14(18)11-17-8-5-6-13(10-17)9-16-12(2)3/h1,12-13,16H,5-11H2,2-3H3,(H,15,18). The average Bonchev–Trinajstić information content (AvgIpc) is 2.34. The number of amides is 1. The maximum atomic E-state index is 11.6. The van der Waals surface area contributed by atoms with E-state index in [-0.39, 0.29) is 5.91 Å². The maximum Gasteiger partial charge on any atom is 0.234 e. The normalized spacial score (nSPS) is 20.7. The number of carbonyl (C=O) groups is 1. The second-order valence-electron chi connectivity index (χ2n) is 5.29. The summed E-state index contributed by atoms with van der Waals surface area (Å²) < 4.78 is 0. The smallest absolute Gasteiger partial charge is 0.234 e. The van der Waals surface area contributed by atoms with E-state index >= 15 is 0 Å². The highest BCUT2D eigenvalue weighted by Gasteiger charge is 2.21. The molecule has 1 atom stereocenters. The van der Waals surface area contributed by atoms with Gasteiger partial charge in [0.2, 0.25) is 5.91 Å². The molecule has 1 rings (SSSR count). The SMILES string of the molecule is C#CCNC(=O)CN1CCCC(CNC(C)C)C1. The lowest BCUT2D eigenvalue weighted by Crippen LogP contribution is -2.45. The molecule has 0 aromatic rings. The number of terminal acetylenes is 1. The van der Waals surface area contributed by atoms with Gasteiger partial charge in [-0.05, 0) is 31.8 Å². The lowest BCUT2D eigenvalue weighted by Gasteiger charge is -2.32. The van der Waals surface area contributed by atoms with Crippen molar-refractivity contribution in [2.24, 2.45) is 5.92 Å². The quantitative estimate of drug-likeness (QED) is 0.674. The Hall–Kier alpha value is -1.05. The van der Waals surface area contributed by atoms with Gasteiger partial charge in [-0.1, -0.05) is 19.8 Å². The number of hydrogen-bond donors (Lipinski definition) is 2. The number of rotatable bonds is 6. The van der Waals surface area contributed by atoms with Crippen molar-refractivity contribution in [2.75, 3.05) is 32.7 Å². The fourth-order valence-corrected chi connectivity index (χ4v) is 2.27. The molecular weight excluding hydrogens is 226 g/mol. The lowest BCUT2D eigenvalue weighted by atomic mass is 9.98. The Balaban J connectivity index is 2.26. The van der Waals surface area contributed by atoms with Crippen LogP contribution in [0.1, 0.15) is 26.7 Å². The summed E-state index contributed by atoms with van der Waals surface area (Å²) in [4.78, 5) is 13.8. The Kier molecular flexibility index (Phi) is 6.77. The lowest BCUT2D eigenvalue weighted by molar-refractivity contribution is -0.122. The Morgan fingerprint density at radius 2 is 2.33 bits per heavy atom. The van der Waals surface area contributed by atoms with Gasteiger partial charge in [0.15, 0.2) is 0 Å². The molecule has 4 nitrogen and oxygen atoms in total. The molecule has 1 saturated heterocycles. The van der Waals surface area contributed by atoms with Gasteiger partial charge in [-0.25, -0.2) is 0 Å². The van der Waals surface area contributed by atoms with Crippen molar-refractivity contribution in [3.63, 3.8) is 0 Å². The number of hydrogen-bond acceptors (Lipinski definition) is 3. The molecule has 1 unspecified atom stereocenters. The minimum Gasteiger partial charge on any atom is -0.344 e. The van der Waals surface area contributed by atoms with E-state index in [2.05, 4.69) is 35.3 Å². The van der Waals surface area contributed by atoms with Crippen molar-refractivity contribution >= 4 is 5.91 Å². The van der Waals surface area contributed by atoms with E-state index in [1.165, 1.54) is 12.8 Å². The summed E-state index contributed by atoms with van der Waals surface area (Å²) >= 11 is 0. The van der Waals surface area contributed by atoms with E-state index in [0.29, 0.717) is 25.0 Å². The molecule has 1 heterocycles. The zero-order valence-electron chi connectivity index (χ0n) is 11.5. The van der Waals surface area contributed by atoms with Crippen molar-refractivity contribution < 1.29 is 4.79 Å². The molecule has 1 fully saturated rings. The van der Waals surface area contributed by atoms with E-state index in [9.17, 15) is 4.79 Å². The maximum absolute atomic E-state index is 11.6. The number of nitrogens with zero attached hydrogens (tertiary/aromatic N) is 1. The minimum atomic E-state index is 0.0328. The zero-order valence-corrected chi connectivity index (χ0v) is 11.5. The fraction of sp³-hybridized carbons (Fsp3) is 0.786. The highest BCUT2D eigenvalue weighted by Crippen LogP contribution is 2.15. The van der Waals surface area contributed by atoms with E-state index < -0.39 is 0 Å². The van der Waals surface area contributed by atoms with E-state index in [0.717, 1.165) is 19.6 Å². The molecule has 0 aromatic carbocycles. The second-order valence-corrected chi connectivity index (χ2v) is 5.29. The van der Waals surface area contributed by atoms with Crippen LogP contribution in [0.4, 0.5) is 0 Å². The van der Waals surface area contributed by atoms with Gasteiger partial charge in [0.05, 0.1) is 13.1 Å². The highest BCUT2D eigenvalue weighted by molar-refractivity contribution is 5.78. The summed E-state index contributed by atoms with van der Waals surface area (Å²) in [6.45, 7) is 8.18. The molecule has 0 radical (unpaired) electrons. The first-order valence-electron chi connectivity index (χ1n) is 6.77. The molecule has 1 amide bonds. The van der Waals surface area contributed by atoms with E-state index in [1.54, 1.807) is 0 Å². The molecule has 1 aliphatic heterocycles. The molecule has 2 N–H and O–H groups in total. The number of nitrogens with one attached hydrogen (secondary N) is 2. The second kappa shape index (κ2) is 8.12. The highest BCUT2D eigenvalue weighted by atomic mass is 16.2. The Labute approximate surface area is 110 Å². The van der Waals surface area contributed by atoms with E-state index in [4.69, 9.17) is 6.42 Å². The van der Waals surface area contributed by atoms with Crippen molar-refractivity contribution in [1.82, 2.24) is 15.5 Å². The van der Waals surface area contributed by atoms with Crippen molar-refractivity contribution in [3.05, 3.63) is 0 Å². The molecular formula is C14H25N3O. The van der Waals surface area contributed by atoms with Crippen LogP contribution in [0.5, 0.6) is 0 Å². The summed E-state index contributed by atoms with van der Waals surface area (Å²) in [5.41, 5.74) is 0. The molecule has 0 saturated carbocycles. The summed E-state index contributed by atoms with van der Waals surface area (Å²) in [7, 11) is 0. The molecule has 4 heteroatoms. The first-order valence-corrected chi connectivity index (χ1v) is 6.77. The largest absolute Gasteiger partial charge is 0.344 e. The third-order valence-corrected chi connectivity index (χ3v) is 3.17. The molecule has 0 spiro atoms. The molecule has 102 valence electrons. The first-order chi connectivity index (χ1) is 8.61. The van der Waals surface area contributed by atoms with Crippen LogP contribution >= 0.6 is 0 Å². The zero-order chi connectivity index (χ0) is 13.4. The van der Waals surface area contributed by atoms with Crippen LogP contribution in [0.2, 0.25) is 0 Å². The van der Waals surface area contributed by atoms with Gasteiger partial charge < -0.3 is 10.6 Å². The molecule has 0 aliphatic carbocycles. The molecule has 18 heavy (non-hydrogen) atoms. The van der Waals surface area contributed by atoms with Crippen LogP contribution in [0.15, 0.2) is 0 Å². The van der Waals surface area contributed by atoms with Crippen LogP contribution in [-0.4, -0.2) is 49.6 Å². The summed E-state index contributed by atoms with van der Waals surface area (Å²) in [5, 5.41) is 6.18. The van der Waals surface area contributed by atoms with Gasteiger partial charge in [0, 0.05) is 12.6 Å². The number of piperidine rings is 1. The Morgan fingerprint density at radius 3 is 3.00 bits per heavy atom. The van der Waals surface area contributed by atoms with Crippen LogP contribution in [-0.2, 0) is 4.79 Å².